The molecule has 1 saturated heterocycles. The number of aliphatic hydroxyl groups excluding tert-OH is 1. The topological polar surface area (TPSA) is 85.1 Å². The van der Waals surface area contributed by atoms with Gasteiger partial charge in [0.2, 0.25) is 0 Å². The van der Waals surface area contributed by atoms with Crippen molar-refractivity contribution in [3.63, 3.8) is 0 Å². The summed E-state index contributed by atoms with van der Waals surface area (Å²) in [4.78, 5) is 12.7. The van der Waals surface area contributed by atoms with Gasteiger partial charge < -0.3 is 15.2 Å². The molecule has 2 aromatic heterocycles. The van der Waals surface area contributed by atoms with Crippen LogP contribution in [0.3, 0.4) is 0 Å². The van der Waals surface area contributed by atoms with Crippen molar-refractivity contribution in [3.05, 3.63) is 12.7 Å². The van der Waals surface area contributed by atoms with Crippen molar-refractivity contribution in [3.8, 4) is 0 Å². The molecule has 0 radical (unpaired) electrons. The van der Waals surface area contributed by atoms with Gasteiger partial charge in [-0.15, -0.1) is 11.8 Å². The number of nitrogens with zero attached hydrogens (tertiary/aromatic N) is 4. The molecular formula is C10H13N5O2S. The number of aliphatic hydroxyl groups is 1. The Morgan fingerprint density at radius 2 is 2.44 bits per heavy atom. The molecule has 2 unspecified atom stereocenters. The van der Waals surface area contributed by atoms with Crippen molar-refractivity contribution < 1.29 is 9.84 Å². The van der Waals surface area contributed by atoms with Crippen LogP contribution in [0.2, 0.25) is 0 Å². The van der Waals surface area contributed by atoms with Gasteiger partial charge in [-0.3, -0.25) is 4.57 Å². The minimum Gasteiger partial charge on any atom is -0.393 e. The van der Waals surface area contributed by atoms with E-state index in [-0.39, 0.29) is 17.4 Å². The smallest absolute Gasteiger partial charge is 0.166 e. The highest BCUT2D eigenvalue weighted by Crippen LogP contribution is 2.36. The first-order valence-electron chi connectivity index (χ1n) is 5.56. The second-order valence-corrected chi connectivity index (χ2v) is 5.17. The van der Waals surface area contributed by atoms with Gasteiger partial charge in [0.1, 0.15) is 22.7 Å². The molecule has 0 aromatic carbocycles. The fourth-order valence-electron chi connectivity index (χ4n) is 1.93. The van der Waals surface area contributed by atoms with Gasteiger partial charge in [-0.25, -0.2) is 15.0 Å². The van der Waals surface area contributed by atoms with E-state index in [1.54, 1.807) is 25.1 Å². The zero-order valence-corrected chi connectivity index (χ0v) is 10.6. The van der Waals surface area contributed by atoms with Crippen LogP contribution in [0.1, 0.15) is 5.37 Å². The van der Waals surface area contributed by atoms with Gasteiger partial charge in [0.15, 0.2) is 11.5 Å². The fraction of sp³-hybridized carbons (Fsp3) is 0.500. The maximum atomic E-state index is 9.07. The third-order valence-corrected chi connectivity index (χ3v) is 4.05. The van der Waals surface area contributed by atoms with Crippen LogP contribution in [0, 0.1) is 0 Å². The molecule has 3 heterocycles. The Bertz CT molecular complexity index is 560. The van der Waals surface area contributed by atoms with Crippen molar-refractivity contribution in [2.45, 2.75) is 10.8 Å². The van der Waals surface area contributed by atoms with Crippen LogP contribution in [-0.4, -0.2) is 50.3 Å². The Kier molecular flexibility index (Phi) is 3.06. The van der Waals surface area contributed by atoms with Crippen LogP contribution in [0.15, 0.2) is 12.7 Å². The lowest BCUT2D eigenvalue weighted by Gasteiger charge is -2.09. The van der Waals surface area contributed by atoms with Gasteiger partial charge in [-0.2, -0.15) is 0 Å². The van der Waals surface area contributed by atoms with Crippen molar-refractivity contribution >= 4 is 28.7 Å². The summed E-state index contributed by atoms with van der Waals surface area (Å²) >= 11 is 1.57. The summed E-state index contributed by atoms with van der Waals surface area (Å²) in [6.07, 6.45) is 3.25. The maximum absolute atomic E-state index is 9.07. The summed E-state index contributed by atoms with van der Waals surface area (Å²) in [5.41, 5.74) is 1.35. The number of hydrogen-bond acceptors (Lipinski definition) is 7. The van der Waals surface area contributed by atoms with Gasteiger partial charge in [-0.05, 0) is 0 Å². The molecule has 3 rings (SSSR count). The van der Waals surface area contributed by atoms with Crippen LogP contribution in [0.4, 0.5) is 5.82 Å². The molecule has 1 aliphatic heterocycles. The first kappa shape index (κ1) is 11.7. The number of anilines is 1. The van der Waals surface area contributed by atoms with E-state index >= 15 is 0 Å². The van der Waals surface area contributed by atoms with E-state index in [1.165, 1.54) is 6.33 Å². The van der Waals surface area contributed by atoms with Crippen LogP contribution in [0.25, 0.3) is 11.2 Å². The van der Waals surface area contributed by atoms with Gasteiger partial charge in [0, 0.05) is 7.05 Å². The summed E-state index contributed by atoms with van der Waals surface area (Å²) in [6, 6.07) is 0. The van der Waals surface area contributed by atoms with Crippen molar-refractivity contribution in [2.75, 3.05) is 25.6 Å². The summed E-state index contributed by atoms with van der Waals surface area (Å²) in [6.45, 7) is 0.560. The molecule has 2 aromatic rings. The van der Waals surface area contributed by atoms with E-state index in [0.29, 0.717) is 12.4 Å². The largest absolute Gasteiger partial charge is 0.393 e. The maximum Gasteiger partial charge on any atom is 0.166 e. The zero-order chi connectivity index (χ0) is 12.5. The van der Waals surface area contributed by atoms with Gasteiger partial charge in [0.05, 0.1) is 19.5 Å². The minimum absolute atomic E-state index is 0.0184. The second kappa shape index (κ2) is 4.71. The molecule has 7 nitrogen and oxygen atoms in total. The van der Waals surface area contributed by atoms with E-state index in [2.05, 4.69) is 20.3 Å². The summed E-state index contributed by atoms with van der Waals surface area (Å²) in [7, 11) is 1.80. The second-order valence-electron chi connectivity index (χ2n) is 3.83. The van der Waals surface area contributed by atoms with Gasteiger partial charge in [0.25, 0.3) is 0 Å². The number of thioether (sulfide) groups is 1. The van der Waals surface area contributed by atoms with Crippen molar-refractivity contribution in [2.24, 2.45) is 0 Å². The van der Waals surface area contributed by atoms with Crippen molar-refractivity contribution in [1.82, 2.24) is 19.5 Å². The zero-order valence-electron chi connectivity index (χ0n) is 9.78. The van der Waals surface area contributed by atoms with Crippen LogP contribution >= 0.6 is 11.8 Å². The summed E-state index contributed by atoms with van der Waals surface area (Å²) in [5.74, 6) is 0.710. The predicted molar refractivity (Wildman–Crippen MR) is 68.3 cm³/mol. The number of nitrogens with one attached hydrogen (secondary N) is 1. The van der Waals surface area contributed by atoms with Crippen LogP contribution in [-0.2, 0) is 4.74 Å². The summed E-state index contributed by atoms with van der Waals surface area (Å²) in [5, 5.41) is 12.1. The molecule has 0 saturated carbocycles. The first-order valence-corrected chi connectivity index (χ1v) is 6.51. The monoisotopic (exact) mass is 267 g/mol. The third kappa shape index (κ3) is 1.82. The van der Waals surface area contributed by atoms with Gasteiger partial charge >= 0.3 is 0 Å². The Morgan fingerprint density at radius 3 is 3.17 bits per heavy atom. The highest BCUT2D eigenvalue weighted by Gasteiger charge is 2.28. The Hall–Kier alpha value is -1.38. The predicted octanol–water partition coefficient (Wildman–Crippen LogP) is 0.448. The average Bonchev–Trinajstić information content (AvgIpc) is 3.03. The van der Waals surface area contributed by atoms with E-state index < -0.39 is 0 Å². The van der Waals surface area contributed by atoms with E-state index in [9.17, 15) is 0 Å². The lowest BCUT2D eigenvalue weighted by atomic mass is 10.5. The quantitative estimate of drug-likeness (QED) is 0.835. The molecule has 0 aliphatic carbocycles. The third-order valence-electron chi connectivity index (χ3n) is 2.79. The molecule has 0 bridgehead atoms. The molecule has 0 spiro atoms. The highest BCUT2D eigenvalue weighted by atomic mass is 32.2. The highest BCUT2D eigenvalue weighted by molar-refractivity contribution is 8.00. The molecule has 1 fully saturated rings. The molecular weight excluding hydrogens is 254 g/mol. The molecule has 0 amide bonds. The lowest BCUT2D eigenvalue weighted by Crippen LogP contribution is -2.05. The molecule has 1 aliphatic rings. The number of ether oxygens (including phenoxy) is 1. The first-order chi connectivity index (χ1) is 8.83. The van der Waals surface area contributed by atoms with E-state index in [4.69, 9.17) is 9.84 Å². The Balaban J connectivity index is 1.98. The summed E-state index contributed by atoms with van der Waals surface area (Å²) < 4.78 is 7.41. The molecule has 8 heteroatoms. The van der Waals surface area contributed by atoms with Crippen LogP contribution < -0.4 is 5.32 Å². The number of hydrogen-bond donors (Lipinski definition) is 2. The molecule has 2 N–H and O–H groups in total. The number of fused-ring (bicyclic) bond motifs is 1. The molecule has 96 valence electrons. The Morgan fingerprint density at radius 1 is 1.56 bits per heavy atom. The SMILES string of the molecule is CNc1ncnc2c1ncn2C1COC(CO)S1. The minimum atomic E-state index is -0.168. The van der Waals surface area contributed by atoms with E-state index in [1.807, 2.05) is 4.57 Å². The number of aromatic nitrogens is 4. The van der Waals surface area contributed by atoms with Gasteiger partial charge in [-0.1, -0.05) is 0 Å². The number of imidazole rings is 1. The van der Waals surface area contributed by atoms with E-state index in [0.717, 1.165) is 11.2 Å². The Labute approximate surface area is 108 Å². The van der Waals surface area contributed by atoms with Crippen LogP contribution in [0.5, 0.6) is 0 Å². The standard InChI is InChI=1S/C10H13N5O2S/c1-11-9-8-10(13-4-12-9)15(5-14-8)6-3-17-7(2-16)18-6/h4-7,16H,2-3H2,1H3,(H,11,12,13). The normalized spacial score (nSPS) is 23.7. The molecule has 2 atom stereocenters. The number of rotatable bonds is 3. The molecule has 18 heavy (non-hydrogen) atoms. The average molecular weight is 267 g/mol. The lowest BCUT2D eigenvalue weighted by molar-refractivity contribution is 0.0810. The fourth-order valence-corrected chi connectivity index (χ4v) is 2.97. The van der Waals surface area contributed by atoms with Crippen molar-refractivity contribution in [1.29, 1.82) is 0 Å².